The minimum atomic E-state index is -1.23. The number of carbonyl (C=O) groups excluding carboxylic acids is 3. The summed E-state index contributed by atoms with van der Waals surface area (Å²) in [4.78, 5) is 38.7. The number of halogens is 3. The summed E-state index contributed by atoms with van der Waals surface area (Å²) in [6.45, 7) is 6.95. The maximum Gasteiger partial charge on any atom is 0.412 e. The Labute approximate surface area is 283 Å². The molecule has 0 radical (unpaired) electrons. The molecule has 2 unspecified atom stereocenters. The molecule has 4 rings (SSSR count). The van der Waals surface area contributed by atoms with Gasteiger partial charge in [0.25, 0.3) is 0 Å². The maximum atomic E-state index is 13.1. The molecule has 14 heteroatoms. The van der Waals surface area contributed by atoms with Crippen molar-refractivity contribution < 1.29 is 39.5 Å². The molecule has 3 aromatic carbocycles. The van der Waals surface area contributed by atoms with Crippen molar-refractivity contribution in [1.29, 1.82) is 0 Å². The molecule has 1 aliphatic rings. The van der Waals surface area contributed by atoms with Crippen LogP contribution in [-0.2, 0) is 23.7 Å². The molecule has 0 saturated carbocycles. The van der Waals surface area contributed by atoms with Crippen LogP contribution in [0.1, 0.15) is 25.0 Å². The number of anilines is 3. The second-order valence-corrected chi connectivity index (χ2v) is 12.0. The quantitative estimate of drug-likeness (QED) is 0.200. The first-order valence-corrected chi connectivity index (χ1v) is 15.3. The summed E-state index contributed by atoms with van der Waals surface area (Å²) in [5.41, 5.74) is 3.73. The number of aryl methyl sites for hydroxylation is 3. The minimum Gasteiger partial charge on any atom is -0.447 e. The van der Waals surface area contributed by atoms with Gasteiger partial charge in [-0.3, -0.25) is 16.0 Å². The Morgan fingerprint density at radius 2 is 1.13 bits per heavy atom. The lowest BCUT2D eigenvalue weighted by molar-refractivity contribution is -0.277. The molecule has 0 aliphatic carbocycles. The van der Waals surface area contributed by atoms with Gasteiger partial charge in [0.2, 0.25) is 0 Å². The van der Waals surface area contributed by atoms with Crippen LogP contribution in [0.3, 0.4) is 0 Å². The van der Waals surface area contributed by atoms with Gasteiger partial charge in [0.15, 0.2) is 18.5 Å². The number of amides is 3. The zero-order chi connectivity index (χ0) is 33.5. The number of methoxy groups -OCH3 is 1. The SMILES string of the molecule is CO[C@H]1OC(COC(=O)Nc2ccc(C)c(Cl)c2)[C@@H](C)[C@H](OC(=O)Nc2ccc(C)c(Cl)c2)C1OC(=O)Nc1ccc(C)c(Cl)c1.[HH]. The van der Waals surface area contributed by atoms with Crippen molar-refractivity contribution >= 4 is 70.1 Å². The summed E-state index contributed by atoms with van der Waals surface area (Å²) in [6.07, 6.45) is -6.85. The van der Waals surface area contributed by atoms with Crippen molar-refractivity contribution in [3.05, 3.63) is 86.4 Å². The molecule has 5 atom stereocenters. The molecule has 0 bridgehead atoms. The number of benzene rings is 3. The average molecular weight is 697 g/mol. The number of hydrogen-bond acceptors (Lipinski definition) is 8. The van der Waals surface area contributed by atoms with Crippen LogP contribution >= 0.6 is 34.8 Å². The lowest BCUT2D eigenvalue weighted by atomic mass is 9.90. The topological polar surface area (TPSA) is 133 Å². The number of carbonyl (C=O) groups is 3. The highest BCUT2D eigenvalue weighted by Gasteiger charge is 2.49. The molecular weight excluding hydrogens is 661 g/mol. The zero-order valence-corrected chi connectivity index (χ0v) is 28.0. The fourth-order valence-electron chi connectivity index (χ4n) is 4.58. The van der Waals surface area contributed by atoms with Gasteiger partial charge >= 0.3 is 18.3 Å². The minimum absolute atomic E-state index is 0. The lowest BCUT2D eigenvalue weighted by Crippen LogP contribution is -2.58. The monoisotopic (exact) mass is 695 g/mol. The number of ether oxygens (including phenoxy) is 5. The zero-order valence-electron chi connectivity index (χ0n) is 25.7. The predicted octanol–water partition coefficient (Wildman–Crippen LogP) is 8.61. The molecule has 0 spiro atoms. The molecule has 1 heterocycles. The molecule has 11 nitrogen and oxygen atoms in total. The third-order valence-electron chi connectivity index (χ3n) is 7.36. The molecule has 1 aliphatic heterocycles. The van der Waals surface area contributed by atoms with Crippen LogP contribution < -0.4 is 16.0 Å². The Kier molecular flexibility index (Phi) is 12.0. The normalized spacial score (nSPS) is 20.7. The lowest BCUT2D eigenvalue weighted by Gasteiger charge is -2.43. The molecule has 248 valence electrons. The Balaban J connectivity index is 0.00000600. The first-order valence-electron chi connectivity index (χ1n) is 14.2. The first-order chi connectivity index (χ1) is 21.8. The maximum absolute atomic E-state index is 13.1. The summed E-state index contributed by atoms with van der Waals surface area (Å²) in [7, 11) is 1.34. The van der Waals surface area contributed by atoms with E-state index in [9.17, 15) is 14.4 Å². The fraction of sp³-hybridized carbons (Fsp3) is 0.344. The van der Waals surface area contributed by atoms with E-state index in [0.29, 0.717) is 32.1 Å². The summed E-state index contributed by atoms with van der Waals surface area (Å²) in [5, 5.41) is 9.24. The van der Waals surface area contributed by atoms with Gasteiger partial charge in [-0.2, -0.15) is 0 Å². The molecule has 0 aromatic heterocycles. The third kappa shape index (κ3) is 9.17. The van der Waals surface area contributed by atoms with Crippen LogP contribution in [0.15, 0.2) is 54.6 Å². The Bertz CT molecular complexity index is 1600. The molecule has 3 amide bonds. The average Bonchev–Trinajstić information content (AvgIpc) is 3.00. The van der Waals surface area contributed by atoms with Gasteiger partial charge in [-0.1, -0.05) is 59.9 Å². The molecular formula is C32H36Cl3N3O8. The van der Waals surface area contributed by atoms with Crippen LogP contribution in [0, 0.1) is 26.7 Å². The highest BCUT2D eigenvalue weighted by atomic mass is 35.5. The van der Waals surface area contributed by atoms with Crippen LogP contribution in [-0.4, -0.2) is 56.6 Å². The van der Waals surface area contributed by atoms with Crippen molar-refractivity contribution in [2.45, 2.75) is 52.3 Å². The number of rotatable bonds is 8. The molecule has 3 aromatic rings. The van der Waals surface area contributed by atoms with E-state index in [0.717, 1.165) is 16.7 Å². The van der Waals surface area contributed by atoms with E-state index >= 15 is 0 Å². The van der Waals surface area contributed by atoms with E-state index in [1.165, 1.54) is 7.11 Å². The van der Waals surface area contributed by atoms with Gasteiger partial charge in [0.1, 0.15) is 12.7 Å². The molecule has 3 N–H and O–H groups in total. The smallest absolute Gasteiger partial charge is 0.412 e. The predicted molar refractivity (Wildman–Crippen MR) is 178 cm³/mol. The third-order valence-corrected chi connectivity index (χ3v) is 8.58. The van der Waals surface area contributed by atoms with E-state index in [1.54, 1.807) is 61.5 Å². The Morgan fingerprint density at radius 3 is 1.54 bits per heavy atom. The summed E-state index contributed by atoms with van der Waals surface area (Å²) in [5.74, 6) is -0.660. The van der Waals surface area contributed by atoms with Crippen LogP contribution in [0.4, 0.5) is 31.4 Å². The second kappa shape index (κ2) is 15.7. The van der Waals surface area contributed by atoms with Gasteiger partial charge in [-0.05, 0) is 73.9 Å². The van der Waals surface area contributed by atoms with Crippen LogP contribution in [0.25, 0.3) is 0 Å². The van der Waals surface area contributed by atoms with E-state index < -0.39 is 48.8 Å². The highest BCUT2D eigenvalue weighted by Crippen LogP contribution is 2.32. The fourth-order valence-corrected chi connectivity index (χ4v) is 5.12. The van der Waals surface area contributed by atoms with E-state index in [-0.39, 0.29) is 8.03 Å². The van der Waals surface area contributed by atoms with Crippen LogP contribution in [0.5, 0.6) is 0 Å². The van der Waals surface area contributed by atoms with E-state index in [1.807, 2.05) is 20.8 Å². The second-order valence-electron chi connectivity index (χ2n) is 10.7. The molecule has 1 saturated heterocycles. The molecule has 46 heavy (non-hydrogen) atoms. The van der Waals surface area contributed by atoms with Gasteiger partial charge in [-0.25, -0.2) is 14.4 Å². The highest BCUT2D eigenvalue weighted by molar-refractivity contribution is 6.32. The van der Waals surface area contributed by atoms with Crippen molar-refractivity contribution in [2.24, 2.45) is 5.92 Å². The largest absolute Gasteiger partial charge is 0.447 e. The summed E-state index contributed by atoms with van der Waals surface area (Å²) < 4.78 is 28.5. The van der Waals surface area contributed by atoms with Gasteiger partial charge in [0, 0.05) is 46.6 Å². The summed E-state index contributed by atoms with van der Waals surface area (Å²) >= 11 is 18.6. The van der Waals surface area contributed by atoms with Crippen molar-refractivity contribution in [3.63, 3.8) is 0 Å². The van der Waals surface area contributed by atoms with E-state index in [2.05, 4.69) is 16.0 Å². The summed E-state index contributed by atoms with van der Waals surface area (Å²) in [6, 6.07) is 15.0. The standard InChI is InChI=1S/C32H34Cl3N3O8.H2/c1-16-6-9-20(12-23(16)33)36-30(39)43-15-26-19(4)27(45-31(40)37-21-10-7-17(2)24(34)13-21)28(29(42-5)44-26)46-32(41)38-22-11-8-18(3)25(35)14-22;/h6-14,19,26-29H,15H2,1-5H3,(H,36,39)(H,37,40)(H,38,41);1H/t19-,26?,27+,28?,29+;/m1./s1. The van der Waals surface area contributed by atoms with Crippen molar-refractivity contribution in [2.75, 3.05) is 29.7 Å². The van der Waals surface area contributed by atoms with Gasteiger partial charge in [-0.15, -0.1) is 0 Å². The number of hydrogen-bond donors (Lipinski definition) is 3. The number of nitrogens with one attached hydrogen (secondary N) is 3. The Morgan fingerprint density at radius 1 is 0.717 bits per heavy atom. The van der Waals surface area contributed by atoms with E-state index in [4.69, 9.17) is 58.5 Å². The van der Waals surface area contributed by atoms with Gasteiger partial charge < -0.3 is 23.7 Å². The van der Waals surface area contributed by atoms with Crippen LogP contribution in [0.2, 0.25) is 15.1 Å². The first kappa shape index (κ1) is 35.1. The van der Waals surface area contributed by atoms with Gasteiger partial charge in [0.05, 0.1) is 0 Å². The Hall–Kier alpha value is -3.74. The van der Waals surface area contributed by atoms with Crippen molar-refractivity contribution in [3.8, 4) is 0 Å². The molecule has 1 fully saturated rings. The van der Waals surface area contributed by atoms with Crippen molar-refractivity contribution in [1.82, 2.24) is 0 Å².